The molecule has 2 aromatic heterocycles. The second-order valence-electron chi connectivity index (χ2n) is 4.51. The Bertz CT molecular complexity index is 583. The highest BCUT2D eigenvalue weighted by atomic mass is 79.9. The molecule has 0 aromatic carbocycles. The van der Waals surface area contributed by atoms with Gasteiger partial charge in [-0.3, -0.25) is 0 Å². The second kappa shape index (κ2) is 7.04. The van der Waals surface area contributed by atoms with Crippen LogP contribution in [0.25, 0.3) is 0 Å². The standard InChI is InChI=1S/C14H19BrN4S/c1-4-16-13-9(2)14(19-10(3)18-13)17-8-7-11-5-6-12(15)20-11/h5-6H,4,7-8H2,1-3H3,(H2,16,17,18,19). The number of rotatable bonds is 6. The largest absolute Gasteiger partial charge is 0.370 e. The topological polar surface area (TPSA) is 49.8 Å². The number of anilines is 2. The van der Waals surface area contributed by atoms with Crippen LogP contribution < -0.4 is 10.6 Å². The fraction of sp³-hybridized carbons (Fsp3) is 0.429. The van der Waals surface area contributed by atoms with Gasteiger partial charge in [-0.15, -0.1) is 11.3 Å². The van der Waals surface area contributed by atoms with Crippen molar-refractivity contribution < 1.29 is 0 Å². The number of thiophene rings is 1. The van der Waals surface area contributed by atoms with Gasteiger partial charge in [-0.1, -0.05) is 0 Å². The molecule has 0 bridgehead atoms. The highest BCUT2D eigenvalue weighted by Crippen LogP contribution is 2.23. The average molecular weight is 355 g/mol. The third kappa shape index (κ3) is 3.93. The van der Waals surface area contributed by atoms with Crippen LogP contribution >= 0.6 is 27.3 Å². The molecular formula is C14H19BrN4S. The summed E-state index contributed by atoms with van der Waals surface area (Å²) in [5.41, 5.74) is 1.07. The maximum absolute atomic E-state index is 4.48. The van der Waals surface area contributed by atoms with Crippen molar-refractivity contribution in [1.82, 2.24) is 9.97 Å². The van der Waals surface area contributed by atoms with E-state index in [0.29, 0.717) is 0 Å². The smallest absolute Gasteiger partial charge is 0.134 e. The Hall–Kier alpha value is -1.14. The van der Waals surface area contributed by atoms with Crippen molar-refractivity contribution in [2.75, 3.05) is 23.7 Å². The Morgan fingerprint density at radius 2 is 1.85 bits per heavy atom. The highest BCUT2D eigenvalue weighted by Gasteiger charge is 2.08. The van der Waals surface area contributed by atoms with Crippen LogP contribution in [0.5, 0.6) is 0 Å². The molecule has 0 radical (unpaired) electrons. The molecule has 108 valence electrons. The monoisotopic (exact) mass is 354 g/mol. The lowest BCUT2D eigenvalue weighted by Crippen LogP contribution is -2.11. The van der Waals surface area contributed by atoms with Crippen LogP contribution in [0, 0.1) is 13.8 Å². The Kier molecular flexibility index (Phi) is 5.37. The van der Waals surface area contributed by atoms with Gasteiger partial charge >= 0.3 is 0 Å². The van der Waals surface area contributed by atoms with Gasteiger partial charge in [-0.2, -0.15) is 0 Å². The van der Waals surface area contributed by atoms with Gasteiger partial charge in [0.05, 0.1) is 3.79 Å². The van der Waals surface area contributed by atoms with Crippen LogP contribution in [-0.4, -0.2) is 23.1 Å². The first-order chi connectivity index (χ1) is 9.60. The molecule has 2 N–H and O–H groups in total. The van der Waals surface area contributed by atoms with E-state index < -0.39 is 0 Å². The van der Waals surface area contributed by atoms with Crippen molar-refractivity contribution in [2.45, 2.75) is 27.2 Å². The minimum absolute atomic E-state index is 0.785. The molecule has 2 rings (SSSR count). The predicted molar refractivity (Wildman–Crippen MR) is 89.9 cm³/mol. The summed E-state index contributed by atoms with van der Waals surface area (Å²) in [5.74, 6) is 2.62. The number of nitrogens with one attached hydrogen (secondary N) is 2. The van der Waals surface area contributed by atoms with E-state index in [1.807, 2.05) is 13.8 Å². The molecule has 6 heteroatoms. The van der Waals surface area contributed by atoms with E-state index in [1.165, 1.54) is 8.66 Å². The Balaban J connectivity index is 2.01. The summed E-state index contributed by atoms with van der Waals surface area (Å²) < 4.78 is 1.18. The van der Waals surface area contributed by atoms with Crippen molar-refractivity contribution >= 4 is 38.9 Å². The van der Waals surface area contributed by atoms with E-state index in [-0.39, 0.29) is 0 Å². The summed E-state index contributed by atoms with van der Waals surface area (Å²) >= 11 is 5.26. The van der Waals surface area contributed by atoms with Gasteiger partial charge in [-0.25, -0.2) is 9.97 Å². The highest BCUT2D eigenvalue weighted by molar-refractivity contribution is 9.11. The van der Waals surface area contributed by atoms with E-state index in [0.717, 1.165) is 42.5 Å². The number of hydrogen-bond acceptors (Lipinski definition) is 5. The van der Waals surface area contributed by atoms with E-state index >= 15 is 0 Å². The Morgan fingerprint density at radius 1 is 1.15 bits per heavy atom. The molecule has 0 aliphatic rings. The van der Waals surface area contributed by atoms with Gasteiger partial charge < -0.3 is 10.6 Å². The summed E-state index contributed by atoms with van der Waals surface area (Å²) in [5, 5.41) is 6.68. The molecule has 0 aliphatic heterocycles. The molecular weight excluding hydrogens is 336 g/mol. The predicted octanol–water partition coefficient (Wildman–Crippen LogP) is 4.00. The van der Waals surface area contributed by atoms with Gasteiger partial charge in [0.25, 0.3) is 0 Å². The third-order valence-corrected chi connectivity index (χ3v) is 4.58. The number of hydrogen-bond donors (Lipinski definition) is 2. The fourth-order valence-corrected chi connectivity index (χ4v) is 3.41. The number of halogens is 1. The lowest BCUT2D eigenvalue weighted by molar-refractivity contribution is 0.974. The van der Waals surface area contributed by atoms with Crippen molar-refractivity contribution in [3.05, 3.63) is 32.2 Å². The maximum atomic E-state index is 4.48. The molecule has 0 aliphatic carbocycles. The molecule has 0 spiro atoms. The van der Waals surface area contributed by atoms with Crippen LogP contribution in [0.3, 0.4) is 0 Å². The minimum Gasteiger partial charge on any atom is -0.370 e. The van der Waals surface area contributed by atoms with Crippen LogP contribution in [0.2, 0.25) is 0 Å². The fourth-order valence-electron chi connectivity index (χ4n) is 1.93. The van der Waals surface area contributed by atoms with Gasteiger partial charge in [0, 0.05) is 23.5 Å². The summed E-state index contributed by atoms with van der Waals surface area (Å²) in [6.45, 7) is 7.76. The van der Waals surface area contributed by atoms with E-state index in [4.69, 9.17) is 0 Å². The molecule has 2 aromatic rings. The summed E-state index contributed by atoms with van der Waals surface area (Å²) in [6, 6.07) is 4.24. The minimum atomic E-state index is 0.785. The van der Waals surface area contributed by atoms with E-state index in [9.17, 15) is 0 Å². The number of aromatic nitrogens is 2. The molecule has 4 nitrogen and oxygen atoms in total. The van der Waals surface area contributed by atoms with Crippen molar-refractivity contribution in [3.63, 3.8) is 0 Å². The first-order valence-corrected chi connectivity index (χ1v) is 8.28. The Morgan fingerprint density at radius 3 is 2.45 bits per heavy atom. The number of nitrogens with zero attached hydrogens (tertiary/aromatic N) is 2. The van der Waals surface area contributed by atoms with Gasteiger partial charge in [-0.05, 0) is 55.3 Å². The molecule has 0 saturated heterocycles. The third-order valence-electron chi connectivity index (χ3n) is 2.89. The normalized spacial score (nSPS) is 10.6. The zero-order valence-electron chi connectivity index (χ0n) is 12.0. The molecule has 2 heterocycles. The van der Waals surface area contributed by atoms with Gasteiger partial charge in [0.1, 0.15) is 17.5 Å². The lowest BCUT2D eigenvalue weighted by atomic mass is 10.3. The molecule has 20 heavy (non-hydrogen) atoms. The van der Waals surface area contributed by atoms with Crippen LogP contribution in [0.4, 0.5) is 11.6 Å². The first kappa shape index (κ1) is 15.3. The maximum Gasteiger partial charge on any atom is 0.134 e. The first-order valence-electron chi connectivity index (χ1n) is 6.67. The average Bonchev–Trinajstić information content (AvgIpc) is 2.81. The molecule has 0 fully saturated rings. The van der Waals surface area contributed by atoms with Gasteiger partial charge in [0.15, 0.2) is 0 Å². The molecule has 0 amide bonds. The lowest BCUT2D eigenvalue weighted by Gasteiger charge is -2.13. The number of aryl methyl sites for hydroxylation is 1. The Labute approximate surface area is 132 Å². The molecule has 0 atom stereocenters. The summed E-state index contributed by atoms with van der Waals surface area (Å²) in [7, 11) is 0. The van der Waals surface area contributed by atoms with E-state index in [2.05, 4.69) is 55.6 Å². The molecule has 0 unspecified atom stereocenters. The van der Waals surface area contributed by atoms with Gasteiger partial charge in [0.2, 0.25) is 0 Å². The van der Waals surface area contributed by atoms with Crippen LogP contribution in [0.1, 0.15) is 23.2 Å². The van der Waals surface area contributed by atoms with Crippen molar-refractivity contribution in [1.29, 1.82) is 0 Å². The summed E-state index contributed by atoms with van der Waals surface area (Å²) in [4.78, 5) is 10.3. The zero-order valence-corrected chi connectivity index (χ0v) is 14.4. The zero-order chi connectivity index (χ0) is 14.5. The summed E-state index contributed by atoms with van der Waals surface area (Å²) in [6.07, 6.45) is 0.995. The van der Waals surface area contributed by atoms with Crippen LogP contribution in [-0.2, 0) is 6.42 Å². The van der Waals surface area contributed by atoms with Crippen LogP contribution in [0.15, 0.2) is 15.9 Å². The second-order valence-corrected chi connectivity index (χ2v) is 7.05. The quantitative estimate of drug-likeness (QED) is 0.822. The van der Waals surface area contributed by atoms with E-state index in [1.54, 1.807) is 11.3 Å². The van der Waals surface area contributed by atoms with Crippen molar-refractivity contribution in [3.8, 4) is 0 Å². The van der Waals surface area contributed by atoms with Crippen molar-refractivity contribution in [2.24, 2.45) is 0 Å². The molecule has 0 saturated carbocycles. The SMILES string of the molecule is CCNc1nc(C)nc(NCCc2ccc(Br)s2)c1C.